The second-order valence-corrected chi connectivity index (χ2v) is 4.71. The molecule has 0 spiro atoms. The fraction of sp³-hybridized carbons (Fsp3) is 0.692. The number of hydrogen-bond donors (Lipinski definition) is 2. The summed E-state index contributed by atoms with van der Waals surface area (Å²) in [5.74, 6) is 0.694. The molecule has 6 nitrogen and oxygen atoms in total. The Bertz CT molecular complexity index is 391. The quantitative estimate of drug-likeness (QED) is 0.743. The predicted octanol–water partition coefficient (Wildman–Crippen LogP) is 1.28. The third-order valence-electron chi connectivity index (χ3n) is 3.45. The van der Waals surface area contributed by atoms with E-state index in [4.69, 9.17) is 9.26 Å². The highest BCUT2D eigenvalue weighted by atomic mass is 16.5. The zero-order chi connectivity index (χ0) is 14.3. The zero-order valence-corrected chi connectivity index (χ0v) is 11.7. The number of nitrogens with zero attached hydrogens (tertiary/aromatic N) is 1. The first-order valence-corrected chi connectivity index (χ1v) is 6.49. The SMILES string of the molecule is CCC(CC)(CO)CNC(=O)COc1cc(C)on1. The third-order valence-corrected chi connectivity index (χ3v) is 3.45. The molecule has 0 fully saturated rings. The molecule has 1 amide bonds. The van der Waals surface area contributed by atoms with E-state index in [2.05, 4.69) is 10.5 Å². The van der Waals surface area contributed by atoms with Gasteiger partial charge in [-0.25, -0.2) is 0 Å². The maximum absolute atomic E-state index is 11.6. The Kier molecular flexibility index (Phi) is 5.82. The Morgan fingerprint density at radius 1 is 1.53 bits per heavy atom. The third kappa shape index (κ3) is 4.55. The van der Waals surface area contributed by atoms with Crippen molar-refractivity contribution >= 4 is 5.91 Å². The van der Waals surface area contributed by atoms with Gasteiger partial charge < -0.3 is 19.7 Å². The van der Waals surface area contributed by atoms with Gasteiger partial charge in [-0.2, -0.15) is 0 Å². The highest BCUT2D eigenvalue weighted by Crippen LogP contribution is 2.24. The van der Waals surface area contributed by atoms with Gasteiger partial charge in [0.1, 0.15) is 5.76 Å². The number of rotatable bonds is 8. The molecule has 0 aromatic carbocycles. The summed E-state index contributed by atoms with van der Waals surface area (Å²) in [7, 11) is 0. The Morgan fingerprint density at radius 3 is 2.68 bits per heavy atom. The summed E-state index contributed by atoms with van der Waals surface area (Å²) in [6, 6.07) is 1.61. The monoisotopic (exact) mass is 270 g/mol. The molecule has 108 valence electrons. The molecular weight excluding hydrogens is 248 g/mol. The van der Waals surface area contributed by atoms with Crippen LogP contribution in [0.25, 0.3) is 0 Å². The van der Waals surface area contributed by atoms with Crippen molar-refractivity contribution in [2.24, 2.45) is 5.41 Å². The van der Waals surface area contributed by atoms with Crippen molar-refractivity contribution in [3.63, 3.8) is 0 Å². The molecule has 0 atom stereocenters. The van der Waals surface area contributed by atoms with Crippen LogP contribution in [0.15, 0.2) is 10.6 Å². The maximum Gasteiger partial charge on any atom is 0.258 e. The molecule has 0 unspecified atom stereocenters. The Labute approximate surface area is 113 Å². The maximum atomic E-state index is 11.6. The van der Waals surface area contributed by atoms with E-state index in [9.17, 15) is 9.90 Å². The number of hydrogen-bond acceptors (Lipinski definition) is 5. The smallest absolute Gasteiger partial charge is 0.258 e. The summed E-state index contributed by atoms with van der Waals surface area (Å²) in [6.45, 7) is 6.14. The number of aliphatic hydroxyl groups is 1. The Hall–Kier alpha value is -1.56. The molecule has 0 saturated carbocycles. The van der Waals surface area contributed by atoms with E-state index < -0.39 is 0 Å². The van der Waals surface area contributed by atoms with Crippen LogP contribution in [0.5, 0.6) is 5.88 Å². The van der Waals surface area contributed by atoms with Gasteiger partial charge in [-0.05, 0) is 24.9 Å². The van der Waals surface area contributed by atoms with Crippen molar-refractivity contribution in [1.29, 1.82) is 0 Å². The average molecular weight is 270 g/mol. The van der Waals surface area contributed by atoms with E-state index in [0.717, 1.165) is 12.8 Å². The number of aliphatic hydroxyl groups excluding tert-OH is 1. The molecule has 0 aliphatic carbocycles. The van der Waals surface area contributed by atoms with Crippen molar-refractivity contribution in [3.05, 3.63) is 11.8 Å². The standard InChI is InChI=1S/C13H22N2O4/c1-4-13(5-2,9-16)8-14-11(17)7-18-12-6-10(3)19-15-12/h6,16H,4-5,7-9H2,1-3H3,(H,14,17). The predicted molar refractivity (Wildman–Crippen MR) is 69.8 cm³/mol. The lowest BCUT2D eigenvalue weighted by Crippen LogP contribution is -2.41. The summed E-state index contributed by atoms with van der Waals surface area (Å²) in [6.07, 6.45) is 1.62. The van der Waals surface area contributed by atoms with Crippen LogP contribution in [0.3, 0.4) is 0 Å². The molecule has 0 bridgehead atoms. The number of aryl methyl sites for hydroxylation is 1. The van der Waals surface area contributed by atoms with E-state index in [1.54, 1.807) is 13.0 Å². The summed E-state index contributed by atoms with van der Waals surface area (Å²) >= 11 is 0. The van der Waals surface area contributed by atoms with Crippen LogP contribution >= 0.6 is 0 Å². The Balaban J connectivity index is 2.35. The molecular formula is C13H22N2O4. The molecule has 0 aliphatic rings. The van der Waals surface area contributed by atoms with Gasteiger partial charge in [0, 0.05) is 18.0 Å². The van der Waals surface area contributed by atoms with Gasteiger partial charge >= 0.3 is 0 Å². The summed E-state index contributed by atoms with van der Waals surface area (Å²) in [5, 5.41) is 15.8. The van der Waals surface area contributed by atoms with Gasteiger partial charge in [-0.1, -0.05) is 13.8 Å². The minimum Gasteiger partial charge on any atom is -0.465 e. The largest absolute Gasteiger partial charge is 0.465 e. The number of amides is 1. The van der Waals surface area contributed by atoms with Crippen molar-refractivity contribution < 1.29 is 19.2 Å². The van der Waals surface area contributed by atoms with Crippen LogP contribution in [-0.2, 0) is 4.79 Å². The lowest BCUT2D eigenvalue weighted by Gasteiger charge is -2.29. The first-order valence-electron chi connectivity index (χ1n) is 6.49. The molecule has 1 aromatic rings. The second-order valence-electron chi connectivity index (χ2n) is 4.71. The average Bonchev–Trinajstić information content (AvgIpc) is 2.84. The number of carbonyl (C=O) groups is 1. The highest BCUT2D eigenvalue weighted by Gasteiger charge is 2.25. The molecule has 0 saturated heterocycles. The number of ether oxygens (including phenoxy) is 1. The van der Waals surface area contributed by atoms with Crippen LogP contribution in [0.4, 0.5) is 0 Å². The fourth-order valence-corrected chi connectivity index (χ4v) is 1.67. The summed E-state index contributed by atoms with van der Waals surface area (Å²) in [5.41, 5.74) is -0.250. The minimum absolute atomic E-state index is 0.0591. The van der Waals surface area contributed by atoms with Gasteiger partial charge in [-0.15, -0.1) is 0 Å². The van der Waals surface area contributed by atoms with Gasteiger partial charge in [0.15, 0.2) is 6.61 Å². The molecule has 1 rings (SSSR count). The van der Waals surface area contributed by atoms with E-state index in [-0.39, 0.29) is 24.5 Å². The van der Waals surface area contributed by atoms with Crippen LogP contribution in [0.2, 0.25) is 0 Å². The van der Waals surface area contributed by atoms with Crippen LogP contribution in [-0.4, -0.2) is 35.9 Å². The van der Waals surface area contributed by atoms with Crippen molar-refractivity contribution in [2.45, 2.75) is 33.6 Å². The van der Waals surface area contributed by atoms with Gasteiger partial charge in [0.25, 0.3) is 11.8 Å². The Morgan fingerprint density at radius 2 is 2.21 bits per heavy atom. The van der Waals surface area contributed by atoms with E-state index >= 15 is 0 Å². The number of nitrogens with one attached hydrogen (secondary N) is 1. The summed E-state index contributed by atoms with van der Waals surface area (Å²) in [4.78, 5) is 11.6. The molecule has 2 N–H and O–H groups in total. The number of aromatic nitrogens is 1. The topological polar surface area (TPSA) is 84.6 Å². The van der Waals surface area contributed by atoms with Crippen LogP contribution < -0.4 is 10.1 Å². The second kappa shape index (κ2) is 7.13. The summed E-state index contributed by atoms with van der Waals surface area (Å²) < 4.78 is 10.00. The first-order chi connectivity index (χ1) is 9.05. The van der Waals surface area contributed by atoms with Crippen LogP contribution in [0.1, 0.15) is 32.4 Å². The van der Waals surface area contributed by atoms with E-state index in [0.29, 0.717) is 18.2 Å². The lowest BCUT2D eigenvalue weighted by atomic mass is 9.83. The fourth-order valence-electron chi connectivity index (χ4n) is 1.67. The molecule has 19 heavy (non-hydrogen) atoms. The van der Waals surface area contributed by atoms with Crippen molar-refractivity contribution in [1.82, 2.24) is 10.5 Å². The van der Waals surface area contributed by atoms with E-state index in [1.165, 1.54) is 0 Å². The molecule has 0 aliphatic heterocycles. The van der Waals surface area contributed by atoms with Crippen molar-refractivity contribution in [3.8, 4) is 5.88 Å². The molecule has 1 heterocycles. The van der Waals surface area contributed by atoms with E-state index in [1.807, 2.05) is 13.8 Å². The minimum atomic E-state index is -0.250. The normalized spacial score (nSPS) is 11.4. The molecule has 0 radical (unpaired) electrons. The van der Waals surface area contributed by atoms with Gasteiger partial charge in [0.05, 0.1) is 6.61 Å². The molecule has 6 heteroatoms. The van der Waals surface area contributed by atoms with Gasteiger partial charge in [-0.3, -0.25) is 4.79 Å². The molecule has 1 aromatic heterocycles. The number of carbonyl (C=O) groups excluding carboxylic acids is 1. The van der Waals surface area contributed by atoms with Crippen molar-refractivity contribution in [2.75, 3.05) is 19.8 Å². The highest BCUT2D eigenvalue weighted by molar-refractivity contribution is 5.77. The van der Waals surface area contributed by atoms with Crippen LogP contribution in [0, 0.1) is 12.3 Å². The first kappa shape index (κ1) is 15.5. The van der Waals surface area contributed by atoms with Gasteiger partial charge in [0.2, 0.25) is 0 Å². The lowest BCUT2D eigenvalue weighted by molar-refractivity contribution is -0.123. The zero-order valence-electron chi connectivity index (χ0n) is 11.7.